The minimum absolute atomic E-state index is 0.185. The van der Waals surface area contributed by atoms with Crippen LogP contribution < -0.4 is 10.6 Å². The van der Waals surface area contributed by atoms with Crippen molar-refractivity contribution in [2.24, 2.45) is 5.41 Å². The monoisotopic (exact) mass is 239 g/mol. The first-order chi connectivity index (χ1) is 7.99. The molecular weight excluding hydrogens is 214 g/mol. The van der Waals surface area contributed by atoms with Gasteiger partial charge in [-0.05, 0) is 38.3 Å². The van der Waals surface area contributed by atoms with Crippen molar-refractivity contribution in [2.45, 2.75) is 45.2 Å². The van der Waals surface area contributed by atoms with Crippen molar-refractivity contribution in [1.82, 2.24) is 15.5 Å². The summed E-state index contributed by atoms with van der Waals surface area (Å²) in [5, 5.41) is 6.48. The number of likely N-dealkylation sites (N-methyl/N-ethyl adjacent to an activating group) is 1. The third-order valence-corrected chi connectivity index (χ3v) is 3.94. The Morgan fingerprint density at radius 1 is 1.41 bits per heavy atom. The molecule has 1 aliphatic heterocycles. The van der Waals surface area contributed by atoms with E-state index in [1.54, 1.807) is 0 Å². The summed E-state index contributed by atoms with van der Waals surface area (Å²) in [5.41, 5.74) is 0.243. The van der Waals surface area contributed by atoms with Gasteiger partial charge in [0.15, 0.2) is 0 Å². The van der Waals surface area contributed by atoms with E-state index in [0.717, 1.165) is 32.4 Å². The lowest BCUT2D eigenvalue weighted by Crippen LogP contribution is -2.55. The molecule has 2 N–H and O–H groups in total. The highest BCUT2D eigenvalue weighted by molar-refractivity contribution is 5.78. The van der Waals surface area contributed by atoms with Crippen LogP contribution in [0.4, 0.5) is 0 Å². The zero-order valence-corrected chi connectivity index (χ0v) is 11.3. The van der Waals surface area contributed by atoms with E-state index >= 15 is 0 Å². The summed E-state index contributed by atoms with van der Waals surface area (Å²) in [5.74, 6) is 0.185. The zero-order chi connectivity index (χ0) is 12.5. The first kappa shape index (κ1) is 12.8. The maximum atomic E-state index is 11.8. The summed E-state index contributed by atoms with van der Waals surface area (Å²) in [6, 6.07) is 0.964. The van der Waals surface area contributed by atoms with Crippen LogP contribution in [-0.2, 0) is 4.79 Å². The van der Waals surface area contributed by atoms with E-state index in [9.17, 15) is 4.79 Å². The fraction of sp³-hybridized carbons (Fsp3) is 0.923. The molecule has 0 radical (unpaired) electrons. The van der Waals surface area contributed by atoms with Gasteiger partial charge in [-0.2, -0.15) is 0 Å². The molecule has 4 heteroatoms. The maximum absolute atomic E-state index is 11.8. The molecule has 0 aromatic carbocycles. The number of amides is 1. The molecule has 2 aliphatic rings. The maximum Gasteiger partial charge on any atom is 0.234 e. The first-order valence-electron chi connectivity index (χ1n) is 6.69. The predicted molar refractivity (Wildman–Crippen MR) is 68.9 cm³/mol. The third kappa shape index (κ3) is 3.42. The second-order valence-corrected chi connectivity index (χ2v) is 6.23. The molecule has 1 saturated carbocycles. The number of carbonyl (C=O) groups is 1. The van der Waals surface area contributed by atoms with Crippen molar-refractivity contribution in [3.63, 3.8) is 0 Å². The lowest BCUT2D eigenvalue weighted by Gasteiger charge is -2.44. The van der Waals surface area contributed by atoms with Crippen molar-refractivity contribution in [3.05, 3.63) is 0 Å². The fourth-order valence-corrected chi connectivity index (χ4v) is 2.81. The second kappa shape index (κ2) is 4.94. The molecule has 2 rings (SSSR count). The lowest BCUT2D eigenvalue weighted by atomic mass is 9.79. The predicted octanol–water partition coefficient (Wildman–Crippen LogP) is 0.585. The molecule has 0 bridgehead atoms. The van der Waals surface area contributed by atoms with Crippen LogP contribution in [0.3, 0.4) is 0 Å². The Morgan fingerprint density at radius 2 is 2.12 bits per heavy atom. The van der Waals surface area contributed by atoms with Crippen molar-refractivity contribution in [2.75, 3.05) is 26.7 Å². The highest BCUT2D eigenvalue weighted by atomic mass is 16.2. The van der Waals surface area contributed by atoms with Gasteiger partial charge in [0.1, 0.15) is 0 Å². The fourth-order valence-electron chi connectivity index (χ4n) is 2.81. The Morgan fingerprint density at radius 3 is 2.71 bits per heavy atom. The Hall–Kier alpha value is -0.610. The first-order valence-corrected chi connectivity index (χ1v) is 6.69. The molecule has 1 saturated heterocycles. The molecule has 0 aromatic heterocycles. The number of piperidine rings is 1. The van der Waals surface area contributed by atoms with Gasteiger partial charge in [0.05, 0.1) is 6.54 Å². The molecule has 1 amide bonds. The quantitative estimate of drug-likeness (QED) is 0.754. The summed E-state index contributed by atoms with van der Waals surface area (Å²) in [6.07, 6.45) is 3.45. The van der Waals surface area contributed by atoms with Gasteiger partial charge < -0.3 is 10.6 Å². The van der Waals surface area contributed by atoms with Gasteiger partial charge in [0.2, 0.25) is 5.91 Å². The summed E-state index contributed by atoms with van der Waals surface area (Å²) < 4.78 is 0. The number of hydrogen-bond acceptors (Lipinski definition) is 3. The standard InChI is InChI=1S/C13H25N3O/c1-13(2)9-14-7-6-11(13)16(3)8-12(17)15-10-4-5-10/h10-11,14H,4-9H2,1-3H3,(H,15,17). The van der Waals surface area contributed by atoms with E-state index < -0.39 is 0 Å². The summed E-state index contributed by atoms with van der Waals surface area (Å²) >= 11 is 0. The largest absolute Gasteiger partial charge is 0.352 e. The highest BCUT2D eigenvalue weighted by Crippen LogP contribution is 2.28. The zero-order valence-electron chi connectivity index (χ0n) is 11.3. The van der Waals surface area contributed by atoms with Crippen LogP contribution in [0.5, 0.6) is 0 Å². The van der Waals surface area contributed by atoms with Crippen LogP contribution in [0.25, 0.3) is 0 Å². The van der Waals surface area contributed by atoms with Crippen LogP contribution in [0.1, 0.15) is 33.1 Å². The van der Waals surface area contributed by atoms with Gasteiger partial charge in [0.25, 0.3) is 0 Å². The van der Waals surface area contributed by atoms with E-state index in [4.69, 9.17) is 0 Å². The summed E-state index contributed by atoms with van der Waals surface area (Å²) in [6.45, 7) is 7.18. The van der Waals surface area contributed by atoms with Crippen molar-refractivity contribution >= 4 is 5.91 Å². The van der Waals surface area contributed by atoms with Gasteiger partial charge >= 0.3 is 0 Å². The second-order valence-electron chi connectivity index (χ2n) is 6.23. The van der Waals surface area contributed by atoms with Crippen LogP contribution in [0, 0.1) is 5.41 Å². The Balaban J connectivity index is 1.84. The number of carbonyl (C=O) groups excluding carboxylic acids is 1. The summed E-state index contributed by atoms with van der Waals surface area (Å²) in [7, 11) is 2.07. The van der Waals surface area contributed by atoms with E-state index in [0.29, 0.717) is 18.6 Å². The number of nitrogens with zero attached hydrogens (tertiary/aromatic N) is 1. The molecule has 17 heavy (non-hydrogen) atoms. The van der Waals surface area contributed by atoms with Crippen molar-refractivity contribution < 1.29 is 4.79 Å². The Bertz CT molecular complexity index is 286. The average molecular weight is 239 g/mol. The van der Waals surface area contributed by atoms with Gasteiger partial charge in [-0.25, -0.2) is 0 Å². The van der Waals surface area contributed by atoms with Crippen LogP contribution >= 0.6 is 0 Å². The minimum atomic E-state index is 0.185. The molecule has 0 spiro atoms. The Kier molecular flexibility index (Phi) is 3.73. The molecule has 98 valence electrons. The molecule has 1 heterocycles. The molecule has 1 aliphatic carbocycles. The van der Waals surface area contributed by atoms with Gasteiger partial charge in [0, 0.05) is 18.6 Å². The van der Waals surface area contributed by atoms with Crippen LogP contribution in [0.15, 0.2) is 0 Å². The number of rotatable bonds is 4. The molecule has 1 unspecified atom stereocenters. The molecular formula is C13H25N3O. The summed E-state index contributed by atoms with van der Waals surface area (Å²) in [4.78, 5) is 14.0. The number of hydrogen-bond donors (Lipinski definition) is 2. The molecule has 4 nitrogen and oxygen atoms in total. The van der Waals surface area contributed by atoms with Gasteiger partial charge in [-0.1, -0.05) is 13.8 Å². The SMILES string of the molecule is CN(CC(=O)NC1CC1)C1CCNCC1(C)C. The van der Waals surface area contributed by atoms with Gasteiger partial charge in [-0.15, -0.1) is 0 Å². The van der Waals surface area contributed by atoms with Crippen LogP contribution in [-0.4, -0.2) is 49.6 Å². The van der Waals surface area contributed by atoms with Crippen molar-refractivity contribution in [1.29, 1.82) is 0 Å². The van der Waals surface area contributed by atoms with E-state index in [1.807, 2.05) is 0 Å². The van der Waals surface area contributed by atoms with E-state index in [-0.39, 0.29) is 11.3 Å². The smallest absolute Gasteiger partial charge is 0.234 e. The number of nitrogens with one attached hydrogen (secondary N) is 2. The Labute approximate surface area is 104 Å². The highest BCUT2D eigenvalue weighted by Gasteiger charge is 2.35. The van der Waals surface area contributed by atoms with Crippen molar-refractivity contribution in [3.8, 4) is 0 Å². The van der Waals surface area contributed by atoms with Crippen LogP contribution in [0.2, 0.25) is 0 Å². The third-order valence-electron chi connectivity index (χ3n) is 3.94. The normalized spacial score (nSPS) is 28.1. The average Bonchev–Trinajstić information content (AvgIpc) is 3.00. The minimum Gasteiger partial charge on any atom is -0.352 e. The lowest BCUT2D eigenvalue weighted by molar-refractivity contribution is -0.123. The van der Waals surface area contributed by atoms with E-state index in [2.05, 4.69) is 36.4 Å². The molecule has 1 atom stereocenters. The molecule has 0 aromatic rings. The van der Waals surface area contributed by atoms with Gasteiger partial charge in [-0.3, -0.25) is 9.69 Å². The molecule has 2 fully saturated rings. The van der Waals surface area contributed by atoms with E-state index in [1.165, 1.54) is 0 Å². The topological polar surface area (TPSA) is 44.4 Å².